The van der Waals surface area contributed by atoms with Crippen LogP contribution < -0.4 is 4.72 Å². The normalized spacial score (nSPS) is 13.0. The van der Waals surface area contributed by atoms with Gasteiger partial charge < -0.3 is 0 Å². The van der Waals surface area contributed by atoms with Crippen LogP contribution >= 0.6 is 0 Å². The van der Waals surface area contributed by atoms with Gasteiger partial charge in [-0.1, -0.05) is 39.2 Å². The van der Waals surface area contributed by atoms with E-state index >= 15 is 0 Å². The summed E-state index contributed by atoms with van der Waals surface area (Å²) in [6.45, 7) is 6.08. The molecule has 0 saturated carbocycles. The highest BCUT2D eigenvalue weighted by molar-refractivity contribution is 7.89. The fraction of sp³-hybridized carbons (Fsp3) is 0.600. The number of nitrogens with zero attached hydrogens (tertiary/aromatic N) is 1. The van der Waals surface area contributed by atoms with Gasteiger partial charge in [-0.2, -0.15) is 0 Å². The van der Waals surface area contributed by atoms with Gasteiger partial charge in [0.25, 0.3) is 5.69 Å². The quantitative estimate of drug-likeness (QED) is 0.556. The van der Waals surface area contributed by atoms with Crippen LogP contribution in [-0.4, -0.2) is 19.9 Å². The highest BCUT2D eigenvalue weighted by Gasteiger charge is 2.20. The summed E-state index contributed by atoms with van der Waals surface area (Å²) in [6, 6.07) is 3.98. The topological polar surface area (TPSA) is 89.3 Å². The zero-order valence-corrected chi connectivity index (χ0v) is 14.1. The van der Waals surface area contributed by atoms with Gasteiger partial charge in [0, 0.05) is 18.2 Å². The first-order chi connectivity index (χ1) is 10.3. The maximum atomic E-state index is 12.3. The molecule has 124 valence electrons. The Morgan fingerprint density at radius 2 is 2.00 bits per heavy atom. The molecule has 1 unspecified atom stereocenters. The number of nitro groups is 1. The van der Waals surface area contributed by atoms with E-state index in [1.54, 1.807) is 6.92 Å². The largest absolute Gasteiger partial charge is 0.273 e. The molecule has 1 rings (SSSR count). The lowest BCUT2D eigenvalue weighted by Crippen LogP contribution is -2.29. The first-order valence-electron chi connectivity index (χ1n) is 7.56. The molecule has 22 heavy (non-hydrogen) atoms. The van der Waals surface area contributed by atoms with Crippen molar-refractivity contribution in [2.24, 2.45) is 5.92 Å². The van der Waals surface area contributed by atoms with Crippen LogP contribution in [0.5, 0.6) is 0 Å². The van der Waals surface area contributed by atoms with Crippen molar-refractivity contribution in [3.63, 3.8) is 0 Å². The average Bonchev–Trinajstić information content (AvgIpc) is 2.47. The van der Waals surface area contributed by atoms with Crippen LogP contribution in [0.3, 0.4) is 0 Å². The van der Waals surface area contributed by atoms with Crippen LogP contribution in [-0.2, 0) is 10.0 Å². The summed E-state index contributed by atoms with van der Waals surface area (Å²) < 4.78 is 27.1. The van der Waals surface area contributed by atoms with Crippen LogP contribution in [0, 0.1) is 23.0 Å². The molecule has 1 N–H and O–H groups in total. The highest BCUT2D eigenvalue weighted by Crippen LogP contribution is 2.22. The second kappa shape index (κ2) is 8.24. The molecule has 7 heteroatoms. The summed E-state index contributed by atoms with van der Waals surface area (Å²) in [5.74, 6) is 0.287. The zero-order chi connectivity index (χ0) is 16.8. The van der Waals surface area contributed by atoms with Crippen LogP contribution in [0.4, 0.5) is 5.69 Å². The maximum absolute atomic E-state index is 12.3. The molecule has 0 fully saturated rings. The van der Waals surface area contributed by atoms with Gasteiger partial charge in [-0.05, 0) is 25.3 Å². The lowest BCUT2D eigenvalue weighted by Gasteiger charge is -2.15. The Kier molecular flexibility index (Phi) is 6.96. The van der Waals surface area contributed by atoms with Crippen molar-refractivity contribution in [3.05, 3.63) is 33.9 Å². The predicted octanol–water partition coefficient (Wildman–Crippen LogP) is 3.40. The van der Waals surface area contributed by atoms with Gasteiger partial charge in [0.1, 0.15) is 0 Å². The van der Waals surface area contributed by atoms with E-state index in [2.05, 4.69) is 11.6 Å². The summed E-state index contributed by atoms with van der Waals surface area (Å²) in [5, 5.41) is 10.9. The standard InChI is InChI=1S/C15H24N2O4S/c1-4-6-7-13(5-2)11-16-22(20,21)14-9-8-12(3)15(10-14)17(18)19/h8-10,13,16H,4-7,11H2,1-3H3. The molecule has 0 spiro atoms. The van der Waals surface area contributed by atoms with E-state index in [4.69, 9.17) is 0 Å². The van der Waals surface area contributed by atoms with Crippen LogP contribution in [0.25, 0.3) is 0 Å². The Bertz CT molecular complexity index is 614. The van der Waals surface area contributed by atoms with Gasteiger partial charge in [-0.15, -0.1) is 0 Å². The number of hydrogen-bond donors (Lipinski definition) is 1. The van der Waals surface area contributed by atoms with Crippen LogP contribution in [0.1, 0.15) is 45.1 Å². The Hall–Kier alpha value is -1.47. The van der Waals surface area contributed by atoms with E-state index in [9.17, 15) is 18.5 Å². The first-order valence-corrected chi connectivity index (χ1v) is 9.04. The van der Waals surface area contributed by atoms with Crippen molar-refractivity contribution in [3.8, 4) is 0 Å². The van der Waals surface area contributed by atoms with Crippen molar-refractivity contribution in [2.75, 3.05) is 6.54 Å². The van der Waals surface area contributed by atoms with Crippen molar-refractivity contribution in [2.45, 2.75) is 51.3 Å². The third-order valence-electron chi connectivity index (χ3n) is 3.79. The maximum Gasteiger partial charge on any atom is 0.273 e. The van der Waals surface area contributed by atoms with Crippen LogP contribution in [0.15, 0.2) is 23.1 Å². The summed E-state index contributed by atoms with van der Waals surface area (Å²) in [6.07, 6.45) is 4.02. The molecule has 0 amide bonds. The van der Waals surface area contributed by atoms with E-state index < -0.39 is 14.9 Å². The fourth-order valence-electron chi connectivity index (χ4n) is 2.21. The third kappa shape index (κ3) is 5.06. The Balaban J connectivity index is 2.86. The van der Waals surface area contributed by atoms with Gasteiger partial charge in [0.2, 0.25) is 10.0 Å². The number of aryl methyl sites for hydroxylation is 1. The molecule has 0 aliphatic rings. The molecule has 1 aromatic rings. The number of nitro benzene ring substituents is 1. The molecule has 1 atom stereocenters. The smallest absolute Gasteiger partial charge is 0.258 e. The van der Waals surface area contributed by atoms with E-state index in [0.717, 1.165) is 31.7 Å². The molecule has 0 aliphatic carbocycles. The van der Waals surface area contributed by atoms with E-state index in [1.807, 2.05) is 6.92 Å². The summed E-state index contributed by atoms with van der Waals surface area (Å²) in [5.41, 5.74) is 0.263. The summed E-state index contributed by atoms with van der Waals surface area (Å²) >= 11 is 0. The van der Waals surface area contributed by atoms with Crippen molar-refractivity contribution in [1.82, 2.24) is 4.72 Å². The minimum Gasteiger partial charge on any atom is -0.258 e. The van der Waals surface area contributed by atoms with Crippen molar-refractivity contribution < 1.29 is 13.3 Å². The minimum atomic E-state index is -3.72. The van der Waals surface area contributed by atoms with Gasteiger partial charge in [-0.3, -0.25) is 10.1 Å². The highest BCUT2D eigenvalue weighted by atomic mass is 32.2. The van der Waals surface area contributed by atoms with Gasteiger partial charge >= 0.3 is 0 Å². The lowest BCUT2D eigenvalue weighted by atomic mass is 10.00. The SMILES string of the molecule is CCCCC(CC)CNS(=O)(=O)c1ccc(C)c([N+](=O)[O-])c1. The summed E-state index contributed by atoms with van der Waals surface area (Å²) in [7, 11) is -3.72. The number of nitrogens with one attached hydrogen (secondary N) is 1. The number of benzene rings is 1. The number of rotatable bonds is 9. The second-order valence-corrected chi connectivity index (χ2v) is 7.24. The van der Waals surface area contributed by atoms with E-state index in [0.29, 0.717) is 12.1 Å². The predicted molar refractivity (Wildman–Crippen MR) is 86.3 cm³/mol. The number of unbranched alkanes of at least 4 members (excludes halogenated alkanes) is 1. The molecule has 0 aliphatic heterocycles. The number of hydrogen-bond acceptors (Lipinski definition) is 4. The van der Waals surface area contributed by atoms with Gasteiger partial charge in [-0.25, -0.2) is 13.1 Å². The molecule has 0 aromatic heterocycles. The lowest BCUT2D eigenvalue weighted by molar-refractivity contribution is -0.385. The van der Waals surface area contributed by atoms with E-state index in [1.165, 1.54) is 12.1 Å². The molecular formula is C15H24N2O4S. The van der Waals surface area contributed by atoms with Crippen molar-refractivity contribution in [1.29, 1.82) is 0 Å². The third-order valence-corrected chi connectivity index (χ3v) is 5.21. The molecule has 1 aromatic carbocycles. The molecule has 0 saturated heterocycles. The average molecular weight is 328 g/mol. The monoisotopic (exact) mass is 328 g/mol. The van der Waals surface area contributed by atoms with Gasteiger partial charge in [0.15, 0.2) is 0 Å². The molecule has 6 nitrogen and oxygen atoms in total. The summed E-state index contributed by atoms with van der Waals surface area (Å²) in [4.78, 5) is 10.3. The fourth-order valence-corrected chi connectivity index (χ4v) is 3.34. The zero-order valence-electron chi connectivity index (χ0n) is 13.3. The molecule has 0 bridgehead atoms. The molecule has 0 heterocycles. The van der Waals surface area contributed by atoms with Crippen LogP contribution in [0.2, 0.25) is 0 Å². The molecule has 0 radical (unpaired) electrons. The first kappa shape index (κ1) is 18.6. The molecular weight excluding hydrogens is 304 g/mol. The Morgan fingerprint density at radius 1 is 1.32 bits per heavy atom. The minimum absolute atomic E-state index is 0.0601. The van der Waals surface area contributed by atoms with E-state index in [-0.39, 0.29) is 16.5 Å². The Morgan fingerprint density at radius 3 is 2.55 bits per heavy atom. The number of sulfonamides is 1. The second-order valence-electron chi connectivity index (χ2n) is 5.47. The van der Waals surface area contributed by atoms with Crippen molar-refractivity contribution >= 4 is 15.7 Å². The van der Waals surface area contributed by atoms with Gasteiger partial charge in [0.05, 0.1) is 9.82 Å². The Labute approximate surface area is 132 Å².